The topological polar surface area (TPSA) is 56.7 Å². The van der Waals surface area contributed by atoms with E-state index in [1.54, 1.807) is 10.9 Å². The van der Waals surface area contributed by atoms with E-state index >= 15 is 0 Å². The lowest BCUT2D eigenvalue weighted by Gasteiger charge is -2.04. The van der Waals surface area contributed by atoms with Gasteiger partial charge in [-0.15, -0.1) is 5.10 Å². The maximum absolute atomic E-state index is 5.76. The zero-order valence-electron chi connectivity index (χ0n) is 9.46. The first-order valence-electron chi connectivity index (χ1n) is 5.41. The zero-order valence-corrected chi connectivity index (χ0v) is 9.46. The van der Waals surface area contributed by atoms with Crippen LogP contribution in [0.2, 0.25) is 0 Å². The largest absolute Gasteiger partial charge is 0.382 e. The summed E-state index contributed by atoms with van der Waals surface area (Å²) in [4.78, 5) is 4.38. The van der Waals surface area contributed by atoms with Crippen molar-refractivity contribution in [1.29, 1.82) is 0 Å². The van der Waals surface area contributed by atoms with Gasteiger partial charge in [-0.1, -0.05) is 24.3 Å². The lowest BCUT2D eigenvalue weighted by atomic mass is 10.1. The monoisotopic (exact) mass is 224 g/mol. The van der Waals surface area contributed by atoms with Gasteiger partial charge < -0.3 is 5.73 Å². The average molecular weight is 224 g/mol. The normalized spacial score (nSPS) is 10.9. The second-order valence-corrected chi connectivity index (χ2v) is 4.00. The highest BCUT2D eigenvalue weighted by Gasteiger charge is 2.07. The molecule has 4 heteroatoms. The summed E-state index contributed by atoms with van der Waals surface area (Å²) >= 11 is 0. The van der Waals surface area contributed by atoms with Gasteiger partial charge in [0.05, 0.1) is 0 Å². The lowest BCUT2D eigenvalue weighted by molar-refractivity contribution is 0.860. The molecule has 0 aliphatic heterocycles. The molecular weight excluding hydrogens is 212 g/mol. The Balaban J connectivity index is 2.30. The molecule has 0 spiro atoms. The predicted octanol–water partition coefficient (Wildman–Crippen LogP) is 2.31. The Kier molecular flexibility index (Phi) is 2.08. The molecule has 0 unspecified atom stereocenters. The van der Waals surface area contributed by atoms with Gasteiger partial charge in [0.25, 0.3) is 0 Å². The molecule has 3 rings (SSSR count). The number of aromatic nitrogens is 3. The van der Waals surface area contributed by atoms with Gasteiger partial charge in [0.15, 0.2) is 5.82 Å². The van der Waals surface area contributed by atoms with Crippen LogP contribution in [0.15, 0.2) is 42.7 Å². The van der Waals surface area contributed by atoms with Gasteiger partial charge in [-0.05, 0) is 18.4 Å². The predicted molar refractivity (Wildman–Crippen MR) is 68.0 cm³/mol. The molecular formula is C13H12N4. The Bertz CT molecular complexity index is 660. The van der Waals surface area contributed by atoms with Gasteiger partial charge in [0.1, 0.15) is 5.82 Å². The van der Waals surface area contributed by atoms with E-state index in [1.165, 1.54) is 0 Å². The van der Waals surface area contributed by atoms with Crippen LogP contribution in [-0.4, -0.2) is 14.8 Å². The third-order valence-electron chi connectivity index (χ3n) is 2.81. The Morgan fingerprint density at radius 2 is 2.00 bits per heavy atom. The first kappa shape index (κ1) is 9.84. The van der Waals surface area contributed by atoms with Gasteiger partial charge in [-0.2, -0.15) is 0 Å². The molecule has 0 radical (unpaired) electrons. The third-order valence-corrected chi connectivity index (χ3v) is 2.81. The fourth-order valence-corrected chi connectivity index (χ4v) is 1.87. The van der Waals surface area contributed by atoms with E-state index in [0.29, 0.717) is 5.82 Å². The molecule has 2 N–H and O–H groups in total. The van der Waals surface area contributed by atoms with Crippen molar-refractivity contribution < 1.29 is 0 Å². The minimum Gasteiger partial charge on any atom is -0.382 e. The maximum atomic E-state index is 5.76. The molecule has 0 bridgehead atoms. The van der Waals surface area contributed by atoms with Gasteiger partial charge in [-0.25, -0.2) is 9.67 Å². The molecule has 4 nitrogen and oxygen atoms in total. The van der Waals surface area contributed by atoms with Gasteiger partial charge in [0.2, 0.25) is 0 Å². The molecule has 0 fully saturated rings. The number of rotatable bonds is 1. The van der Waals surface area contributed by atoms with Crippen molar-refractivity contribution in [2.24, 2.45) is 0 Å². The minimum absolute atomic E-state index is 0.541. The second kappa shape index (κ2) is 3.59. The molecule has 0 saturated heterocycles. The average Bonchev–Trinajstić information content (AvgIpc) is 2.69. The van der Waals surface area contributed by atoms with Crippen LogP contribution < -0.4 is 5.73 Å². The Morgan fingerprint density at radius 3 is 2.76 bits per heavy atom. The standard InChI is InChI=1S/C13H12N4/c1-9-8-17(16-12(9)14)13-11-5-3-2-4-10(11)6-7-15-13/h2-8H,1H3,(H2,14,16). The summed E-state index contributed by atoms with van der Waals surface area (Å²) in [5.41, 5.74) is 6.72. The fourth-order valence-electron chi connectivity index (χ4n) is 1.87. The highest BCUT2D eigenvalue weighted by atomic mass is 15.3. The number of aryl methyl sites for hydroxylation is 1. The lowest BCUT2D eigenvalue weighted by Crippen LogP contribution is -1.99. The molecule has 0 atom stereocenters. The second-order valence-electron chi connectivity index (χ2n) is 4.00. The summed E-state index contributed by atoms with van der Waals surface area (Å²) in [7, 11) is 0. The molecule has 0 saturated carbocycles. The summed E-state index contributed by atoms with van der Waals surface area (Å²) in [6.45, 7) is 1.93. The minimum atomic E-state index is 0.541. The molecule has 0 aliphatic carbocycles. The van der Waals surface area contributed by atoms with Crippen LogP contribution >= 0.6 is 0 Å². The van der Waals surface area contributed by atoms with Crippen LogP contribution in [0.4, 0.5) is 5.82 Å². The summed E-state index contributed by atoms with van der Waals surface area (Å²) in [6.07, 6.45) is 3.68. The van der Waals surface area contributed by atoms with Crippen molar-refractivity contribution in [3.05, 3.63) is 48.3 Å². The third kappa shape index (κ3) is 1.54. The van der Waals surface area contributed by atoms with Crippen LogP contribution in [0, 0.1) is 6.92 Å². The van der Waals surface area contributed by atoms with E-state index in [0.717, 1.165) is 22.2 Å². The van der Waals surface area contributed by atoms with Gasteiger partial charge >= 0.3 is 0 Å². The van der Waals surface area contributed by atoms with Crippen LogP contribution in [-0.2, 0) is 0 Å². The summed E-state index contributed by atoms with van der Waals surface area (Å²) in [6, 6.07) is 10.1. The number of anilines is 1. The van der Waals surface area contributed by atoms with E-state index in [2.05, 4.69) is 16.1 Å². The summed E-state index contributed by atoms with van der Waals surface area (Å²) in [5.74, 6) is 1.35. The Labute approximate surface area is 98.7 Å². The molecule has 1 aromatic carbocycles. The number of fused-ring (bicyclic) bond motifs is 1. The van der Waals surface area contributed by atoms with E-state index in [9.17, 15) is 0 Å². The van der Waals surface area contributed by atoms with Crippen molar-refractivity contribution in [2.75, 3.05) is 5.73 Å². The first-order valence-corrected chi connectivity index (χ1v) is 5.41. The molecule has 0 amide bonds. The number of benzene rings is 1. The van der Waals surface area contributed by atoms with Gasteiger partial charge in [-0.3, -0.25) is 0 Å². The van der Waals surface area contributed by atoms with Crippen molar-refractivity contribution in [3.63, 3.8) is 0 Å². The van der Waals surface area contributed by atoms with E-state index < -0.39 is 0 Å². The quantitative estimate of drug-likeness (QED) is 0.690. The molecule has 17 heavy (non-hydrogen) atoms. The summed E-state index contributed by atoms with van der Waals surface area (Å²) < 4.78 is 1.73. The zero-order chi connectivity index (χ0) is 11.8. The number of nitrogens with zero attached hydrogens (tertiary/aromatic N) is 3. The SMILES string of the molecule is Cc1cn(-c2nccc3ccccc23)nc1N. The Morgan fingerprint density at radius 1 is 1.18 bits per heavy atom. The smallest absolute Gasteiger partial charge is 0.161 e. The van der Waals surface area contributed by atoms with Crippen LogP contribution in [0.1, 0.15) is 5.56 Å². The van der Waals surface area contributed by atoms with Crippen molar-refractivity contribution in [3.8, 4) is 5.82 Å². The van der Waals surface area contributed by atoms with Crippen LogP contribution in [0.3, 0.4) is 0 Å². The van der Waals surface area contributed by atoms with Crippen molar-refractivity contribution in [2.45, 2.75) is 6.92 Å². The molecule has 84 valence electrons. The number of pyridine rings is 1. The maximum Gasteiger partial charge on any atom is 0.161 e. The Hall–Kier alpha value is -2.36. The first-order chi connectivity index (χ1) is 8.25. The highest BCUT2D eigenvalue weighted by Crippen LogP contribution is 2.20. The van der Waals surface area contributed by atoms with E-state index in [1.807, 2.05) is 37.4 Å². The number of nitrogen functional groups attached to an aromatic ring is 1. The summed E-state index contributed by atoms with van der Waals surface area (Å²) in [5, 5.41) is 6.47. The molecule has 2 heterocycles. The van der Waals surface area contributed by atoms with E-state index in [-0.39, 0.29) is 0 Å². The van der Waals surface area contributed by atoms with Crippen LogP contribution in [0.25, 0.3) is 16.6 Å². The molecule has 0 aliphatic rings. The number of nitrogens with two attached hydrogens (primary N) is 1. The fraction of sp³-hybridized carbons (Fsp3) is 0.0769. The molecule has 2 aromatic heterocycles. The van der Waals surface area contributed by atoms with Crippen molar-refractivity contribution >= 4 is 16.6 Å². The van der Waals surface area contributed by atoms with E-state index in [4.69, 9.17) is 5.73 Å². The number of hydrogen-bond donors (Lipinski definition) is 1. The van der Waals surface area contributed by atoms with Crippen LogP contribution in [0.5, 0.6) is 0 Å². The highest BCUT2D eigenvalue weighted by molar-refractivity contribution is 5.88. The van der Waals surface area contributed by atoms with Crippen molar-refractivity contribution in [1.82, 2.24) is 14.8 Å². The number of hydrogen-bond acceptors (Lipinski definition) is 3. The van der Waals surface area contributed by atoms with Gasteiger partial charge in [0, 0.05) is 23.3 Å². The molecule has 3 aromatic rings.